The second kappa shape index (κ2) is 7.47. The van der Waals surface area contributed by atoms with Crippen molar-refractivity contribution in [3.05, 3.63) is 0 Å². The SMILES string of the molecule is O=C(O)CCCS(=O)(=O)CC(=O)N1CCCCCC1. The van der Waals surface area contributed by atoms with E-state index in [9.17, 15) is 18.0 Å². The van der Waals surface area contributed by atoms with Crippen LogP contribution >= 0.6 is 0 Å². The van der Waals surface area contributed by atoms with Crippen molar-refractivity contribution in [1.29, 1.82) is 0 Å². The summed E-state index contributed by atoms with van der Waals surface area (Å²) in [5, 5.41) is 8.46. The highest BCUT2D eigenvalue weighted by Crippen LogP contribution is 2.10. The van der Waals surface area contributed by atoms with Crippen molar-refractivity contribution in [3.63, 3.8) is 0 Å². The molecule has 0 aromatic carbocycles. The standard InChI is InChI=1S/C12H21NO5S/c14-11(13-7-3-1-2-4-8-13)10-19(17,18)9-5-6-12(15)16/h1-10H2,(H,15,16). The molecule has 1 fully saturated rings. The third kappa shape index (κ3) is 6.56. The van der Waals surface area contributed by atoms with E-state index >= 15 is 0 Å². The number of carboxylic acid groups (broad SMARTS) is 1. The van der Waals surface area contributed by atoms with Crippen LogP contribution in [0.4, 0.5) is 0 Å². The second-order valence-electron chi connectivity index (χ2n) is 4.88. The number of likely N-dealkylation sites (tertiary alicyclic amines) is 1. The quantitative estimate of drug-likeness (QED) is 0.776. The van der Waals surface area contributed by atoms with Gasteiger partial charge in [0, 0.05) is 19.5 Å². The van der Waals surface area contributed by atoms with Crippen molar-refractivity contribution in [1.82, 2.24) is 4.90 Å². The highest BCUT2D eigenvalue weighted by atomic mass is 32.2. The number of nitrogens with zero attached hydrogens (tertiary/aromatic N) is 1. The summed E-state index contributed by atoms with van der Waals surface area (Å²) in [7, 11) is -3.49. The lowest BCUT2D eigenvalue weighted by molar-refractivity contribution is -0.137. The molecule has 1 rings (SSSR count). The van der Waals surface area contributed by atoms with Gasteiger partial charge < -0.3 is 10.0 Å². The van der Waals surface area contributed by atoms with Crippen LogP contribution in [-0.2, 0) is 19.4 Å². The smallest absolute Gasteiger partial charge is 0.303 e. The van der Waals surface area contributed by atoms with Crippen molar-refractivity contribution in [3.8, 4) is 0 Å². The molecule has 0 aromatic rings. The van der Waals surface area contributed by atoms with E-state index in [-0.39, 0.29) is 24.5 Å². The number of aliphatic carboxylic acids is 1. The Bertz CT molecular complexity index is 410. The van der Waals surface area contributed by atoms with Gasteiger partial charge in [0.15, 0.2) is 9.84 Å². The zero-order valence-electron chi connectivity index (χ0n) is 11.0. The summed E-state index contributed by atoms with van der Waals surface area (Å²) in [6.45, 7) is 1.26. The molecule has 0 spiro atoms. The molecule has 1 aliphatic heterocycles. The van der Waals surface area contributed by atoms with Crippen LogP contribution in [0.1, 0.15) is 38.5 Å². The summed E-state index contributed by atoms with van der Waals surface area (Å²) in [6.07, 6.45) is 3.88. The Morgan fingerprint density at radius 1 is 1.05 bits per heavy atom. The Morgan fingerprint density at radius 2 is 1.63 bits per heavy atom. The number of carbonyl (C=O) groups is 2. The summed E-state index contributed by atoms with van der Waals surface area (Å²) in [5.74, 6) is -2.10. The minimum atomic E-state index is -3.49. The van der Waals surface area contributed by atoms with Gasteiger partial charge in [0.2, 0.25) is 5.91 Å². The van der Waals surface area contributed by atoms with Gasteiger partial charge in [-0.05, 0) is 19.3 Å². The van der Waals surface area contributed by atoms with Crippen LogP contribution in [-0.4, -0.2) is 54.9 Å². The molecular weight excluding hydrogens is 270 g/mol. The normalized spacial score (nSPS) is 16.9. The summed E-state index contributed by atoms with van der Waals surface area (Å²) in [5.41, 5.74) is 0. The van der Waals surface area contributed by atoms with Gasteiger partial charge in [-0.2, -0.15) is 0 Å². The minimum absolute atomic E-state index is 0.0605. The van der Waals surface area contributed by atoms with E-state index in [1.165, 1.54) is 0 Å². The first-order chi connectivity index (χ1) is 8.91. The molecule has 1 amide bonds. The van der Waals surface area contributed by atoms with Gasteiger partial charge in [-0.1, -0.05) is 12.8 Å². The minimum Gasteiger partial charge on any atom is -0.481 e. The van der Waals surface area contributed by atoms with E-state index < -0.39 is 21.6 Å². The van der Waals surface area contributed by atoms with Crippen LogP contribution in [0, 0.1) is 0 Å². The third-order valence-corrected chi connectivity index (χ3v) is 4.75. The highest BCUT2D eigenvalue weighted by Gasteiger charge is 2.22. The number of hydrogen-bond acceptors (Lipinski definition) is 4. The summed E-state index contributed by atoms with van der Waals surface area (Å²) in [6, 6.07) is 0. The Hall–Kier alpha value is -1.11. The van der Waals surface area contributed by atoms with Crippen LogP contribution < -0.4 is 0 Å². The number of carbonyl (C=O) groups excluding carboxylic acids is 1. The molecule has 0 radical (unpaired) electrons. The fourth-order valence-electron chi connectivity index (χ4n) is 2.11. The molecule has 1 N–H and O–H groups in total. The Balaban J connectivity index is 2.42. The fraction of sp³-hybridized carbons (Fsp3) is 0.833. The third-order valence-electron chi connectivity index (χ3n) is 3.15. The number of sulfone groups is 1. The average molecular weight is 291 g/mol. The largest absolute Gasteiger partial charge is 0.481 e. The van der Waals surface area contributed by atoms with E-state index in [0.29, 0.717) is 13.1 Å². The molecule has 0 aliphatic carbocycles. The van der Waals surface area contributed by atoms with Crippen molar-refractivity contribution in [2.75, 3.05) is 24.6 Å². The van der Waals surface area contributed by atoms with Gasteiger partial charge in [-0.3, -0.25) is 9.59 Å². The maximum absolute atomic E-state index is 11.9. The first-order valence-electron chi connectivity index (χ1n) is 6.61. The molecule has 7 heteroatoms. The molecule has 0 bridgehead atoms. The molecule has 1 aliphatic rings. The van der Waals surface area contributed by atoms with Gasteiger partial charge in [0.05, 0.1) is 5.75 Å². The first kappa shape index (κ1) is 15.9. The lowest BCUT2D eigenvalue weighted by Crippen LogP contribution is -2.37. The first-order valence-corrected chi connectivity index (χ1v) is 8.43. The lowest BCUT2D eigenvalue weighted by atomic mass is 10.2. The van der Waals surface area contributed by atoms with Crippen LogP contribution in [0.2, 0.25) is 0 Å². The number of amides is 1. The number of carboxylic acids is 1. The van der Waals surface area contributed by atoms with Crippen molar-refractivity contribution in [2.45, 2.75) is 38.5 Å². The highest BCUT2D eigenvalue weighted by molar-refractivity contribution is 7.92. The fourth-order valence-corrected chi connectivity index (χ4v) is 3.40. The molecule has 0 unspecified atom stereocenters. The molecule has 1 saturated heterocycles. The zero-order valence-corrected chi connectivity index (χ0v) is 11.8. The van der Waals surface area contributed by atoms with Crippen LogP contribution in [0.3, 0.4) is 0 Å². The maximum Gasteiger partial charge on any atom is 0.303 e. The van der Waals surface area contributed by atoms with E-state index in [4.69, 9.17) is 5.11 Å². The topological polar surface area (TPSA) is 91.7 Å². The van der Waals surface area contributed by atoms with Crippen molar-refractivity contribution < 1.29 is 23.1 Å². The predicted octanol–water partition coefficient (Wildman–Crippen LogP) is 0.669. The molecule has 0 saturated carbocycles. The maximum atomic E-state index is 11.9. The molecule has 6 nitrogen and oxygen atoms in total. The van der Waals surface area contributed by atoms with E-state index in [0.717, 1.165) is 25.7 Å². The summed E-state index contributed by atoms with van der Waals surface area (Å²) < 4.78 is 23.4. The summed E-state index contributed by atoms with van der Waals surface area (Å²) in [4.78, 5) is 23.8. The Kier molecular flexibility index (Phi) is 6.27. The van der Waals surface area contributed by atoms with E-state index in [1.54, 1.807) is 4.90 Å². The zero-order chi connectivity index (χ0) is 14.3. The van der Waals surface area contributed by atoms with Gasteiger partial charge in [0.25, 0.3) is 0 Å². The molecule has 0 aromatic heterocycles. The monoisotopic (exact) mass is 291 g/mol. The van der Waals surface area contributed by atoms with Crippen molar-refractivity contribution >= 4 is 21.7 Å². The van der Waals surface area contributed by atoms with E-state index in [2.05, 4.69) is 0 Å². The molecule has 19 heavy (non-hydrogen) atoms. The van der Waals surface area contributed by atoms with Crippen LogP contribution in [0.25, 0.3) is 0 Å². The second-order valence-corrected chi connectivity index (χ2v) is 7.07. The number of rotatable bonds is 6. The molecule has 0 atom stereocenters. The lowest BCUT2D eigenvalue weighted by Gasteiger charge is -2.20. The Morgan fingerprint density at radius 3 is 2.16 bits per heavy atom. The average Bonchev–Trinajstić information content (AvgIpc) is 2.55. The van der Waals surface area contributed by atoms with Crippen LogP contribution in [0.5, 0.6) is 0 Å². The molecular formula is C12H21NO5S. The summed E-state index contributed by atoms with van der Waals surface area (Å²) >= 11 is 0. The van der Waals surface area contributed by atoms with Crippen LogP contribution in [0.15, 0.2) is 0 Å². The van der Waals surface area contributed by atoms with Crippen molar-refractivity contribution in [2.24, 2.45) is 0 Å². The number of hydrogen-bond donors (Lipinski definition) is 1. The van der Waals surface area contributed by atoms with E-state index in [1.807, 2.05) is 0 Å². The predicted molar refractivity (Wildman–Crippen MR) is 70.6 cm³/mol. The molecule has 1 heterocycles. The van der Waals surface area contributed by atoms with Gasteiger partial charge >= 0.3 is 5.97 Å². The van der Waals surface area contributed by atoms with Gasteiger partial charge in [-0.25, -0.2) is 8.42 Å². The van der Waals surface area contributed by atoms with Gasteiger partial charge in [-0.15, -0.1) is 0 Å². The Labute approximate surface area is 113 Å². The molecule has 110 valence electrons. The van der Waals surface area contributed by atoms with Gasteiger partial charge in [0.1, 0.15) is 5.75 Å².